The number of hydrogen-bond acceptors (Lipinski definition) is 5. The Morgan fingerprint density at radius 2 is 1.60 bits per heavy atom. The number of carboxylic acids is 1. The van der Waals surface area contributed by atoms with E-state index in [0.717, 1.165) is 0 Å². The summed E-state index contributed by atoms with van der Waals surface area (Å²) in [7, 11) is 0. The predicted octanol–water partition coefficient (Wildman–Crippen LogP) is 0.306. The standard InChI is InChI=1S/C9H19NO3.C2HF3O2/c1-6(2)4-7(10)8(12)9(3,13)5-11;3-2(4,5)1(6)7/h6-7,11,13H,4-5,10H2,1-3H3;(H,6,7)/t7-,9+;/m0./s1. The molecule has 6 nitrogen and oxygen atoms in total. The molecular weight excluding hydrogens is 283 g/mol. The molecule has 120 valence electrons. The van der Waals surface area contributed by atoms with Crippen molar-refractivity contribution in [2.24, 2.45) is 11.7 Å². The third-order valence-corrected chi connectivity index (χ3v) is 2.14. The molecule has 0 unspecified atom stereocenters. The molecule has 0 bridgehead atoms. The molecule has 0 aliphatic carbocycles. The Bertz CT molecular complexity index is 329. The fraction of sp³-hybridized carbons (Fsp3) is 0.818. The molecule has 0 rings (SSSR count). The van der Waals surface area contributed by atoms with Gasteiger partial charge in [-0.3, -0.25) is 4.79 Å². The molecule has 0 aliphatic rings. The van der Waals surface area contributed by atoms with E-state index in [-0.39, 0.29) is 0 Å². The number of Topliss-reactive ketones (excluding diaryl/α,β-unsaturated/α-hetero) is 1. The molecule has 0 aliphatic heterocycles. The molecule has 0 aromatic heterocycles. The van der Waals surface area contributed by atoms with Crippen LogP contribution in [0, 0.1) is 5.92 Å². The number of aliphatic hydroxyl groups excluding tert-OH is 1. The summed E-state index contributed by atoms with van der Waals surface area (Å²) in [5, 5.41) is 25.2. The van der Waals surface area contributed by atoms with Gasteiger partial charge in [0, 0.05) is 0 Å². The van der Waals surface area contributed by atoms with E-state index in [0.29, 0.717) is 12.3 Å². The summed E-state index contributed by atoms with van der Waals surface area (Å²) in [4.78, 5) is 20.3. The van der Waals surface area contributed by atoms with Gasteiger partial charge in [-0.15, -0.1) is 0 Å². The van der Waals surface area contributed by atoms with Crippen molar-refractivity contribution in [3.05, 3.63) is 0 Å². The molecule has 0 spiro atoms. The topological polar surface area (TPSA) is 121 Å². The Labute approximate surface area is 114 Å². The fourth-order valence-electron chi connectivity index (χ4n) is 1.09. The third kappa shape index (κ3) is 8.83. The zero-order chi connectivity index (χ0) is 16.7. The maximum absolute atomic E-state index is 11.4. The van der Waals surface area contributed by atoms with Gasteiger partial charge in [0.15, 0.2) is 5.78 Å². The number of hydrogen-bond donors (Lipinski definition) is 4. The van der Waals surface area contributed by atoms with Gasteiger partial charge in [0.25, 0.3) is 0 Å². The summed E-state index contributed by atoms with van der Waals surface area (Å²) in [5.74, 6) is -2.95. The van der Waals surface area contributed by atoms with Gasteiger partial charge in [-0.2, -0.15) is 13.2 Å². The highest BCUT2D eigenvalue weighted by atomic mass is 19.4. The number of aliphatic carboxylic acids is 1. The summed E-state index contributed by atoms with van der Waals surface area (Å²) in [6.07, 6.45) is -4.56. The molecule has 0 fully saturated rings. The van der Waals surface area contributed by atoms with Gasteiger partial charge >= 0.3 is 12.1 Å². The van der Waals surface area contributed by atoms with E-state index in [1.54, 1.807) is 0 Å². The average Bonchev–Trinajstić information content (AvgIpc) is 2.26. The molecule has 0 amide bonds. The number of carbonyl (C=O) groups is 2. The lowest BCUT2D eigenvalue weighted by atomic mass is 9.91. The van der Waals surface area contributed by atoms with E-state index in [2.05, 4.69) is 0 Å². The summed E-state index contributed by atoms with van der Waals surface area (Å²) >= 11 is 0. The Hall–Kier alpha value is -1.19. The SMILES string of the molecule is CC(C)C[C@H](N)C(=O)[C@](C)(O)CO.O=C(O)C(F)(F)F. The Balaban J connectivity index is 0. The van der Waals surface area contributed by atoms with Gasteiger partial charge < -0.3 is 21.1 Å². The van der Waals surface area contributed by atoms with Gasteiger partial charge in [0.2, 0.25) is 0 Å². The van der Waals surface area contributed by atoms with Crippen LogP contribution >= 0.6 is 0 Å². The second-order valence-electron chi connectivity index (χ2n) is 4.84. The smallest absolute Gasteiger partial charge is 0.475 e. The quantitative estimate of drug-likeness (QED) is 0.580. The first-order valence-corrected chi connectivity index (χ1v) is 5.69. The molecule has 0 aromatic carbocycles. The van der Waals surface area contributed by atoms with Crippen molar-refractivity contribution in [3.63, 3.8) is 0 Å². The molecule has 0 radical (unpaired) electrons. The molecule has 9 heteroatoms. The normalized spacial score (nSPS) is 15.9. The van der Waals surface area contributed by atoms with Crippen LogP contribution in [0.4, 0.5) is 13.2 Å². The molecule has 20 heavy (non-hydrogen) atoms. The number of ketones is 1. The first-order valence-electron chi connectivity index (χ1n) is 5.69. The first kappa shape index (κ1) is 21.1. The van der Waals surface area contributed by atoms with Crippen LogP contribution in [0.1, 0.15) is 27.2 Å². The minimum absolute atomic E-state index is 0.299. The van der Waals surface area contributed by atoms with Gasteiger partial charge in [-0.05, 0) is 19.3 Å². The highest BCUT2D eigenvalue weighted by Gasteiger charge is 2.38. The Kier molecular flexibility index (Phi) is 8.63. The zero-order valence-electron chi connectivity index (χ0n) is 11.4. The van der Waals surface area contributed by atoms with Crippen molar-refractivity contribution in [3.8, 4) is 0 Å². The van der Waals surface area contributed by atoms with Crippen LogP contribution in [-0.4, -0.2) is 51.5 Å². The lowest BCUT2D eigenvalue weighted by Gasteiger charge is -2.23. The molecule has 0 saturated heterocycles. The molecular formula is C11H20F3NO5. The van der Waals surface area contributed by atoms with Gasteiger partial charge in [-0.25, -0.2) is 4.79 Å². The highest BCUT2D eigenvalue weighted by molar-refractivity contribution is 5.91. The second-order valence-corrected chi connectivity index (χ2v) is 4.84. The summed E-state index contributed by atoms with van der Waals surface area (Å²) in [5.41, 5.74) is 3.86. The van der Waals surface area contributed by atoms with E-state index in [1.165, 1.54) is 6.92 Å². The third-order valence-electron chi connectivity index (χ3n) is 2.14. The fourth-order valence-corrected chi connectivity index (χ4v) is 1.09. The van der Waals surface area contributed by atoms with Crippen molar-refractivity contribution in [2.45, 2.75) is 45.0 Å². The molecule has 0 aromatic rings. The number of carboxylic acid groups (broad SMARTS) is 1. The van der Waals surface area contributed by atoms with Crippen LogP contribution < -0.4 is 5.73 Å². The van der Waals surface area contributed by atoms with Crippen LogP contribution in [0.2, 0.25) is 0 Å². The number of halogens is 3. The van der Waals surface area contributed by atoms with E-state index < -0.39 is 36.2 Å². The van der Waals surface area contributed by atoms with Crippen molar-refractivity contribution in [1.29, 1.82) is 0 Å². The predicted molar refractivity (Wildman–Crippen MR) is 63.8 cm³/mol. The van der Waals surface area contributed by atoms with Crippen LogP contribution in [0.15, 0.2) is 0 Å². The monoisotopic (exact) mass is 303 g/mol. The minimum atomic E-state index is -5.08. The van der Waals surface area contributed by atoms with E-state index in [1.807, 2.05) is 13.8 Å². The van der Waals surface area contributed by atoms with E-state index in [9.17, 15) is 23.1 Å². The van der Waals surface area contributed by atoms with Crippen molar-refractivity contribution in [2.75, 3.05) is 6.61 Å². The lowest BCUT2D eigenvalue weighted by Crippen LogP contribution is -2.49. The van der Waals surface area contributed by atoms with Gasteiger partial charge in [0.05, 0.1) is 12.6 Å². The Morgan fingerprint density at radius 3 is 1.80 bits per heavy atom. The van der Waals surface area contributed by atoms with Crippen molar-refractivity contribution < 1.29 is 38.1 Å². The van der Waals surface area contributed by atoms with E-state index in [4.69, 9.17) is 20.7 Å². The number of carbonyl (C=O) groups excluding carboxylic acids is 1. The Morgan fingerprint density at radius 1 is 1.25 bits per heavy atom. The lowest BCUT2D eigenvalue weighted by molar-refractivity contribution is -0.192. The van der Waals surface area contributed by atoms with Crippen molar-refractivity contribution >= 4 is 11.8 Å². The molecule has 0 heterocycles. The highest BCUT2D eigenvalue weighted by Crippen LogP contribution is 2.13. The first-order chi connectivity index (χ1) is 8.75. The van der Waals surface area contributed by atoms with Crippen LogP contribution in [0.3, 0.4) is 0 Å². The largest absolute Gasteiger partial charge is 0.490 e. The number of aliphatic hydroxyl groups is 2. The maximum Gasteiger partial charge on any atom is 0.490 e. The van der Waals surface area contributed by atoms with Crippen molar-refractivity contribution in [1.82, 2.24) is 0 Å². The van der Waals surface area contributed by atoms with Crippen LogP contribution in [-0.2, 0) is 9.59 Å². The molecule has 2 atom stereocenters. The average molecular weight is 303 g/mol. The number of alkyl halides is 3. The van der Waals surface area contributed by atoms with Crippen LogP contribution in [0.5, 0.6) is 0 Å². The minimum Gasteiger partial charge on any atom is -0.475 e. The molecule has 0 saturated carbocycles. The number of rotatable bonds is 5. The molecule has 5 N–H and O–H groups in total. The van der Waals surface area contributed by atoms with Crippen LogP contribution in [0.25, 0.3) is 0 Å². The summed E-state index contributed by atoms with van der Waals surface area (Å²) < 4.78 is 31.7. The maximum atomic E-state index is 11.4. The number of nitrogens with two attached hydrogens (primary N) is 1. The van der Waals surface area contributed by atoms with Gasteiger partial charge in [0.1, 0.15) is 5.60 Å². The summed E-state index contributed by atoms with van der Waals surface area (Å²) in [6, 6.07) is -0.692. The zero-order valence-corrected chi connectivity index (χ0v) is 11.4. The summed E-state index contributed by atoms with van der Waals surface area (Å²) in [6.45, 7) is 4.58. The van der Waals surface area contributed by atoms with E-state index >= 15 is 0 Å². The second kappa shape index (κ2) is 8.18. The van der Waals surface area contributed by atoms with Gasteiger partial charge in [-0.1, -0.05) is 13.8 Å².